The van der Waals surface area contributed by atoms with Gasteiger partial charge in [-0.05, 0) is 31.2 Å². The molecular formula is C15H15ClFNO2. The van der Waals surface area contributed by atoms with Crippen LogP contribution < -0.4 is 15.2 Å². The summed E-state index contributed by atoms with van der Waals surface area (Å²) < 4.78 is 24.7. The summed E-state index contributed by atoms with van der Waals surface area (Å²) in [7, 11) is 1.55. The smallest absolute Gasteiger partial charge is 0.184 e. The van der Waals surface area contributed by atoms with Gasteiger partial charge in [-0.15, -0.1) is 0 Å². The van der Waals surface area contributed by atoms with E-state index in [-0.39, 0.29) is 16.8 Å². The summed E-state index contributed by atoms with van der Waals surface area (Å²) in [6.45, 7) is 1.80. The van der Waals surface area contributed by atoms with Crippen LogP contribution >= 0.6 is 11.6 Å². The molecule has 0 fully saturated rings. The van der Waals surface area contributed by atoms with Gasteiger partial charge >= 0.3 is 0 Å². The molecule has 0 saturated carbocycles. The Balaban J connectivity index is 2.46. The first-order valence-corrected chi connectivity index (χ1v) is 6.46. The van der Waals surface area contributed by atoms with E-state index in [1.165, 1.54) is 12.1 Å². The van der Waals surface area contributed by atoms with Gasteiger partial charge in [-0.2, -0.15) is 0 Å². The Morgan fingerprint density at radius 3 is 2.35 bits per heavy atom. The summed E-state index contributed by atoms with van der Waals surface area (Å²) in [5.41, 5.74) is 6.61. The Hall–Kier alpha value is -1.78. The normalized spacial score (nSPS) is 12.1. The third-order valence-corrected chi connectivity index (χ3v) is 3.13. The van der Waals surface area contributed by atoms with Crippen LogP contribution in [-0.2, 0) is 0 Å². The lowest BCUT2D eigenvalue weighted by atomic mass is 10.1. The van der Waals surface area contributed by atoms with Crippen LogP contribution in [-0.4, -0.2) is 7.11 Å². The number of methoxy groups -OCH3 is 1. The lowest BCUT2D eigenvalue weighted by Crippen LogP contribution is -2.09. The number of rotatable bonds is 4. The van der Waals surface area contributed by atoms with Gasteiger partial charge in [0.2, 0.25) is 0 Å². The van der Waals surface area contributed by atoms with E-state index < -0.39 is 5.82 Å². The minimum absolute atomic E-state index is 0.00717. The van der Waals surface area contributed by atoms with Gasteiger partial charge in [0.25, 0.3) is 0 Å². The minimum Gasteiger partial charge on any atom is -0.496 e. The van der Waals surface area contributed by atoms with Crippen LogP contribution in [0.15, 0.2) is 36.4 Å². The fraction of sp³-hybridized carbons (Fsp3) is 0.200. The Labute approximate surface area is 122 Å². The maximum Gasteiger partial charge on any atom is 0.184 e. The van der Waals surface area contributed by atoms with Crippen molar-refractivity contribution in [1.29, 1.82) is 0 Å². The molecule has 2 rings (SSSR count). The predicted molar refractivity (Wildman–Crippen MR) is 77.1 cm³/mol. The topological polar surface area (TPSA) is 44.5 Å². The van der Waals surface area contributed by atoms with E-state index in [4.69, 9.17) is 26.8 Å². The molecule has 106 valence electrons. The van der Waals surface area contributed by atoms with E-state index in [0.29, 0.717) is 17.1 Å². The molecule has 0 aliphatic heterocycles. The van der Waals surface area contributed by atoms with E-state index in [1.54, 1.807) is 38.3 Å². The van der Waals surface area contributed by atoms with Crippen LogP contribution in [0.25, 0.3) is 0 Å². The standard InChI is InChI=1S/C15H15ClFNO2/c1-9(18)14-11(19-2)6-4-7-12(14)20-13-8-3-5-10(16)15(13)17/h3-9H,18H2,1-2H3/t9-/m1/s1. The molecule has 0 aliphatic rings. The molecule has 3 nitrogen and oxygen atoms in total. The Kier molecular flexibility index (Phi) is 4.47. The van der Waals surface area contributed by atoms with Gasteiger partial charge in [0.05, 0.1) is 17.7 Å². The van der Waals surface area contributed by atoms with Crippen molar-refractivity contribution < 1.29 is 13.9 Å². The largest absolute Gasteiger partial charge is 0.496 e. The summed E-state index contributed by atoms with van der Waals surface area (Å²) in [4.78, 5) is 0. The Morgan fingerprint density at radius 1 is 1.10 bits per heavy atom. The molecule has 0 amide bonds. The van der Waals surface area contributed by atoms with Crippen LogP contribution in [0.2, 0.25) is 5.02 Å². The summed E-state index contributed by atoms with van der Waals surface area (Å²) in [6.07, 6.45) is 0. The minimum atomic E-state index is -0.604. The molecule has 20 heavy (non-hydrogen) atoms. The maximum atomic E-state index is 13.9. The fourth-order valence-corrected chi connectivity index (χ4v) is 2.09. The predicted octanol–water partition coefficient (Wildman–Crippen LogP) is 4.30. The molecular weight excluding hydrogens is 281 g/mol. The zero-order valence-corrected chi connectivity index (χ0v) is 11.9. The van der Waals surface area contributed by atoms with Crippen LogP contribution in [0.3, 0.4) is 0 Å². The molecule has 0 unspecified atom stereocenters. The average molecular weight is 296 g/mol. The third-order valence-electron chi connectivity index (χ3n) is 2.84. The highest BCUT2D eigenvalue weighted by atomic mass is 35.5. The fourth-order valence-electron chi connectivity index (χ4n) is 1.92. The Bertz CT molecular complexity index is 617. The first-order chi connectivity index (χ1) is 9.54. The second-order valence-corrected chi connectivity index (χ2v) is 4.72. The van der Waals surface area contributed by atoms with Crippen LogP contribution in [0, 0.1) is 5.82 Å². The molecule has 2 N–H and O–H groups in total. The molecule has 2 aromatic rings. The van der Waals surface area contributed by atoms with Crippen molar-refractivity contribution in [3.8, 4) is 17.2 Å². The van der Waals surface area contributed by atoms with Crippen molar-refractivity contribution in [1.82, 2.24) is 0 Å². The summed E-state index contributed by atoms with van der Waals surface area (Å²) in [5.74, 6) is 0.487. The highest BCUT2D eigenvalue weighted by molar-refractivity contribution is 6.30. The van der Waals surface area contributed by atoms with E-state index in [2.05, 4.69) is 0 Å². The molecule has 0 heterocycles. The third kappa shape index (κ3) is 2.86. The van der Waals surface area contributed by atoms with Gasteiger partial charge < -0.3 is 15.2 Å². The van der Waals surface area contributed by atoms with E-state index in [9.17, 15) is 4.39 Å². The van der Waals surface area contributed by atoms with Crippen molar-refractivity contribution in [3.63, 3.8) is 0 Å². The second kappa shape index (κ2) is 6.11. The number of hydrogen-bond acceptors (Lipinski definition) is 3. The van der Waals surface area contributed by atoms with Gasteiger partial charge in [0.15, 0.2) is 11.6 Å². The number of nitrogens with two attached hydrogens (primary N) is 1. The van der Waals surface area contributed by atoms with Crippen LogP contribution in [0.4, 0.5) is 4.39 Å². The lowest BCUT2D eigenvalue weighted by molar-refractivity contribution is 0.393. The zero-order valence-electron chi connectivity index (χ0n) is 11.2. The maximum absolute atomic E-state index is 13.9. The molecule has 0 bridgehead atoms. The van der Waals surface area contributed by atoms with E-state index >= 15 is 0 Å². The van der Waals surface area contributed by atoms with Crippen molar-refractivity contribution in [2.45, 2.75) is 13.0 Å². The van der Waals surface area contributed by atoms with Gasteiger partial charge in [0.1, 0.15) is 11.5 Å². The number of hydrogen-bond donors (Lipinski definition) is 1. The number of halogens is 2. The molecule has 0 aromatic heterocycles. The van der Waals surface area contributed by atoms with Gasteiger partial charge in [0, 0.05) is 6.04 Å². The van der Waals surface area contributed by atoms with Crippen molar-refractivity contribution in [2.75, 3.05) is 7.11 Å². The summed E-state index contributed by atoms with van der Waals surface area (Å²) in [6, 6.07) is 9.51. The van der Waals surface area contributed by atoms with Crippen LogP contribution in [0.5, 0.6) is 17.2 Å². The van der Waals surface area contributed by atoms with Crippen molar-refractivity contribution >= 4 is 11.6 Å². The number of ether oxygens (including phenoxy) is 2. The molecule has 0 saturated heterocycles. The van der Waals surface area contributed by atoms with Gasteiger partial charge in [-0.3, -0.25) is 0 Å². The van der Waals surface area contributed by atoms with Crippen molar-refractivity contribution in [2.24, 2.45) is 5.73 Å². The summed E-state index contributed by atoms with van der Waals surface area (Å²) >= 11 is 5.74. The monoisotopic (exact) mass is 295 g/mol. The highest BCUT2D eigenvalue weighted by Crippen LogP contribution is 2.37. The van der Waals surface area contributed by atoms with E-state index in [1.807, 2.05) is 0 Å². The average Bonchev–Trinajstić information content (AvgIpc) is 2.43. The molecule has 1 atom stereocenters. The first kappa shape index (κ1) is 14.6. The van der Waals surface area contributed by atoms with Gasteiger partial charge in [-0.1, -0.05) is 23.7 Å². The Morgan fingerprint density at radius 2 is 1.70 bits per heavy atom. The SMILES string of the molecule is COc1cccc(Oc2cccc(Cl)c2F)c1[C@@H](C)N. The molecule has 0 aliphatic carbocycles. The molecule has 0 radical (unpaired) electrons. The molecule has 5 heteroatoms. The molecule has 0 spiro atoms. The van der Waals surface area contributed by atoms with Gasteiger partial charge in [-0.25, -0.2) is 4.39 Å². The molecule has 2 aromatic carbocycles. The quantitative estimate of drug-likeness (QED) is 0.914. The first-order valence-electron chi connectivity index (χ1n) is 6.09. The summed E-state index contributed by atoms with van der Waals surface area (Å²) in [5, 5.41) is 0.00717. The number of benzene rings is 2. The highest BCUT2D eigenvalue weighted by Gasteiger charge is 2.16. The van der Waals surface area contributed by atoms with Crippen molar-refractivity contribution in [3.05, 3.63) is 52.8 Å². The van der Waals surface area contributed by atoms with E-state index in [0.717, 1.165) is 0 Å². The second-order valence-electron chi connectivity index (χ2n) is 4.31. The van der Waals surface area contributed by atoms with Crippen LogP contribution in [0.1, 0.15) is 18.5 Å². The zero-order chi connectivity index (χ0) is 14.7. The lowest BCUT2D eigenvalue weighted by Gasteiger charge is -2.17.